The number of hydrogen-bond donors (Lipinski definition) is 2. The van der Waals surface area contributed by atoms with Crippen molar-refractivity contribution in [3.05, 3.63) is 181 Å². The Morgan fingerprint density at radius 3 is 1.84 bits per heavy atom. The van der Waals surface area contributed by atoms with Crippen LogP contribution in [0.5, 0.6) is 11.5 Å². The van der Waals surface area contributed by atoms with Crippen molar-refractivity contribution in [1.82, 2.24) is 9.61 Å². The molecule has 0 unspecified atom stereocenters. The van der Waals surface area contributed by atoms with E-state index in [0.717, 1.165) is 67.4 Å². The quantitative estimate of drug-likeness (QED) is 0.153. The summed E-state index contributed by atoms with van der Waals surface area (Å²) in [6.07, 6.45) is 2.07. The fourth-order valence-electron chi connectivity index (χ4n) is 8.60. The van der Waals surface area contributed by atoms with Gasteiger partial charge < -0.3 is 15.4 Å². The first-order chi connectivity index (χ1) is 27.3. The molecule has 2 heterocycles. The number of benzene rings is 7. The van der Waals surface area contributed by atoms with Crippen molar-refractivity contribution in [2.45, 2.75) is 38.5 Å². The van der Waals surface area contributed by atoms with Crippen molar-refractivity contribution < 1.29 is 4.74 Å². The van der Waals surface area contributed by atoms with E-state index in [4.69, 9.17) is 9.84 Å². The molecule has 1 aliphatic carbocycles. The first-order valence-corrected chi connectivity index (χ1v) is 19.3. The molecule has 272 valence electrons. The number of anilines is 4. The molecule has 0 bridgehead atoms. The summed E-state index contributed by atoms with van der Waals surface area (Å²) in [5.41, 5.74) is 13.2. The summed E-state index contributed by atoms with van der Waals surface area (Å²) < 4.78 is 8.73. The van der Waals surface area contributed by atoms with Crippen LogP contribution in [0.25, 0.3) is 49.4 Å². The molecule has 0 amide bonds. The van der Waals surface area contributed by atoms with E-state index in [-0.39, 0.29) is 10.8 Å². The first-order valence-electron chi connectivity index (χ1n) is 19.3. The van der Waals surface area contributed by atoms with E-state index in [1.54, 1.807) is 0 Å². The van der Waals surface area contributed by atoms with Gasteiger partial charge in [0.05, 0.1) is 34.3 Å². The van der Waals surface area contributed by atoms with Gasteiger partial charge in [0.15, 0.2) is 0 Å². The van der Waals surface area contributed by atoms with Gasteiger partial charge in [0, 0.05) is 50.7 Å². The molecular formula is C51H42N4O. The smallest absolute Gasteiger partial charge is 0.129 e. The fourth-order valence-corrected chi connectivity index (χ4v) is 8.60. The Hall–Kier alpha value is -6.85. The second-order valence-corrected chi connectivity index (χ2v) is 15.9. The molecule has 0 saturated carbocycles. The largest absolute Gasteiger partial charge is 0.457 e. The van der Waals surface area contributed by atoms with Gasteiger partial charge in [-0.05, 0) is 63.9 Å². The highest BCUT2D eigenvalue weighted by molar-refractivity contribution is 6.15. The van der Waals surface area contributed by atoms with Crippen molar-refractivity contribution in [2.75, 3.05) is 10.6 Å². The molecule has 2 N–H and O–H groups in total. The van der Waals surface area contributed by atoms with E-state index < -0.39 is 0 Å². The molecule has 1 aliphatic rings. The minimum Gasteiger partial charge on any atom is -0.457 e. The van der Waals surface area contributed by atoms with Crippen molar-refractivity contribution >= 4 is 49.9 Å². The first kappa shape index (κ1) is 33.7. The minimum atomic E-state index is -0.0884. The monoisotopic (exact) mass is 726 g/mol. The van der Waals surface area contributed by atoms with Crippen LogP contribution >= 0.6 is 0 Å². The van der Waals surface area contributed by atoms with Crippen molar-refractivity contribution in [1.29, 1.82) is 0 Å². The van der Waals surface area contributed by atoms with Crippen LogP contribution in [0.1, 0.15) is 38.8 Å². The fraction of sp³-hybridized carbons (Fsp3) is 0.118. The Morgan fingerprint density at radius 2 is 1.12 bits per heavy atom. The molecule has 10 rings (SSSR count). The molecule has 0 aliphatic heterocycles. The SMILES string of the molecule is CC1(C)c2cccc3c4ccc(Oc5cccc(Nc6ccccc6Nc6c(-c7ccccc7)cccc6-c6ccccc6)c5)cc4n4ncc(c4c23)C1(C)C. The Morgan fingerprint density at radius 1 is 0.518 bits per heavy atom. The van der Waals surface area contributed by atoms with E-state index in [2.05, 4.69) is 195 Å². The lowest BCUT2D eigenvalue weighted by Crippen LogP contribution is -2.42. The van der Waals surface area contributed by atoms with Crippen LogP contribution in [0.3, 0.4) is 0 Å². The van der Waals surface area contributed by atoms with Gasteiger partial charge in [-0.2, -0.15) is 5.10 Å². The highest BCUT2D eigenvalue weighted by Crippen LogP contribution is 2.53. The molecule has 7 aromatic carbocycles. The maximum atomic E-state index is 6.60. The lowest BCUT2D eigenvalue weighted by atomic mass is 9.58. The van der Waals surface area contributed by atoms with E-state index in [1.807, 2.05) is 18.2 Å². The standard InChI is InChI=1S/C51H42N4O/c1-50(2)42-25-15-24-41-40-29-28-37(31-46(40)55-49(47(41)42)43(32-52-55)51(50,3)4)56-36-21-13-20-35(30-36)53-44-26-11-12-27-45(44)54-48-38(33-16-7-5-8-17-33)22-14-23-39(48)34-18-9-6-10-19-34/h5-32,53-54H,1-4H3. The normalized spacial score (nSPS) is 14.0. The molecule has 56 heavy (non-hydrogen) atoms. The molecule has 5 heteroatoms. The number of nitrogens with zero attached hydrogens (tertiary/aromatic N) is 2. The van der Waals surface area contributed by atoms with Crippen molar-refractivity contribution in [2.24, 2.45) is 0 Å². The average molecular weight is 727 g/mol. The number of pyridine rings is 1. The van der Waals surface area contributed by atoms with Gasteiger partial charge in [0.2, 0.25) is 0 Å². The van der Waals surface area contributed by atoms with Crippen LogP contribution < -0.4 is 15.4 Å². The Balaban J connectivity index is 0.986. The van der Waals surface area contributed by atoms with E-state index in [1.165, 1.54) is 27.4 Å². The zero-order valence-electron chi connectivity index (χ0n) is 32.0. The van der Waals surface area contributed by atoms with Gasteiger partial charge >= 0.3 is 0 Å². The second kappa shape index (κ2) is 12.9. The van der Waals surface area contributed by atoms with E-state index in [0.29, 0.717) is 0 Å². The number of fused-ring (bicyclic) bond motifs is 3. The highest BCUT2D eigenvalue weighted by Gasteiger charge is 2.46. The van der Waals surface area contributed by atoms with Gasteiger partial charge in [-0.1, -0.05) is 143 Å². The second-order valence-electron chi connectivity index (χ2n) is 15.9. The molecular weight excluding hydrogens is 685 g/mol. The molecule has 0 radical (unpaired) electrons. The van der Waals surface area contributed by atoms with Crippen LogP contribution in [0.2, 0.25) is 0 Å². The lowest BCUT2D eigenvalue weighted by molar-refractivity contribution is 0.304. The minimum absolute atomic E-state index is 0.0485. The zero-order chi connectivity index (χ0) is 38.0. The number of hydrogen-bond acceptors (Lipinski definition) is 4. The number of para-hydroxylation sites is 3. The third kappa shape index (κ3) is 5.34. The van der Waals surface area contributed by atoms with Crippen molar-refractivity contribution in [3.63, 3.8) is 0 Å². The van der Waals surface area contributed by atoms with Gasteiger partial charge in [-0.3, -0.25) is 0 Å². The van der Waals surface area contributed by atoms with Gasteiger partial charge in [-0.25, -0.2) is 4.52 Å². The summed E-state index contributed by atoms with van der Waals surface area (Å²) in [5, 5.41) is 16.2. The number of nitrogens with one attached hydrogen (secondary N) is 2. The van der Waals surface area contributed by atoms with Crippen molar-refractivity contribution in [3.8, 4) is 33.8 Å². The zero-order valence-corrected chi connectivity index (χ0v) is 32.0. The molecule has 9 aromatic rings. The third-order valence-corrected chi connectivity index (χ3v) is 12.2. The average Bonchev–Trinajstić information content (AvgIpc) is 3.69. The number of rotatable bonds is 8. The molecule has 5 nitrogen and oxygen atoms in total. The summed E-state index contributed by atoms with van der Waals surface area (Å²) in [4.78, 5) is 0. The lowest BCUT2D eigenvalue weighted by Gasteiger charge is -2.45. The van der Waals surface area contributed by atoms with Gasteiger partial charge in [0.1, 0.15) is 11.5 Å². The van der Waals surface area contributed by atoms with Crippen LogP contribution in [0.4, 0.5) is 22.7 Å². The van der Waals surface area contributed by atoms with Gasteiger partial charge in [-0.15, -0.1) is 0 Å². The summed E-state index contributed by atoms with van der Waals surface area (Å²) in [6.45, 7) is 9.41. The summed E-state index contributed by atoms with van der Waals surface area (Å²) in [5.74, 6) is 1.50. The predicted molar refractivity (Wildman–Crippen MR) is 233 cm³/mol. The Labute approximate surface area is 327 Å². The summed E-state index contributed by atoms with van der Waals surface area (Å²) in [7, 11) is 0. The summed E-state index contributed by atoms with van der Waals surface area (Å²) in [6, 6.07) is 57.2. The number of ether oxygens (including phenoxy) is 1. The molecule has 0 spiro atoms. The van der Waals surface area contributed by atoms with Crippen LogP contribution in [0, 0.1) is 0 Å². The molecule has 0 saturated heterocycles. The maximum Gasteiger partial charge on any atom is 0.129 e. The Bertz CT molecular complexity index is 2890. The number of aromatic nitrogens is 2. The van der Waals surface area contributed by atoms with E-state index >= 15 is 0 Å². The topological polar surface area (TPSA) is 50.6 Å². The molecule has 2 aromatic heterocycles. The summed E-state index contributed by atoms with van der Waals surface area (Å²) >= 11 is 0. The van der Waals surface area contributed by atoms with Crippen LogP contribution in [-0.2, 0) is 10.8 Å². The van der Waals surface area contributed by atoms with E-state index in [9.17, 15) is 0 Å². The van der Waals surface area contributed by atoms with Crippen LogP contribution in [-0.4, -0.2) is 9.61 Å². The molecule has 0 fully saturated rings. The highest BCUT2D eigenvalue weighted by atomic mass is 16.5. The van der Waals surface area contributed by atoms with Crippen LogP contribution in [0.15, 0.2) is 170 Å². The Kier molecular flexibility index (Phi) is 7.75. The predicted octanol–water partition coefficient (Wildman–Crippen LogP) is 13.8. The van der Waals surface area contributed by atoms with Gasteiger partial charge in [0.25, 0.3) is 0 Å². The molecule has 0 atom stereocenters. The maximum absolute atomic E-state index is 6.60. The third-order valence-electron chi connectivity index (χ3n) is 12.2.